The molecule has 1 N–H and O–H groups in total. The van der Waals surface area contributed by atoms with Gasteiger partial charge in [-0.15, -0.1) is 10.2 Å². The maximum absolute atomic E-state index is 13.0. The number of amides is 2. The lowest BCUT2D eigenvalue weighted by Crippen LogP contribution is -2.39. The molecule has 0 bridgehead atoms. The Morgan fingerprint density at radius 1 is 1.07 bits per heavy atom. The molecule has 4 rings (SSSR count). The Labute approximate surface area is 171 Å². The Balaban J connectivity index is 1.44. The van der Waals surface area contributed by atoms with Gasteiger partial charge in [0.25, 0.3) is 5.91 Å². The van der Waals surface area contributed by atoms with Crippen LogP contribution in [0.1, 0.15) is 72.5 Å². The van der Waals surface area contributed by atoms with Gasteiger partial charge in [-0.05, 0) is 43.4 Å². The highest BCUT2D eigenvalue weighted by Crippen LogP contribution is 2.28. The fourth-order valence-electron chi connectivity index (χ4n) is 4.36. The first kappa shape index (κ1) is 19.6. The lowest BCUT2D eigenvalue weighted by atomic mass is 9.96. The number of piperidine rings is 1. The first-order chi connectivity index (χ1) is 14.1. The summed E-state index contributed by atoms with van der Waals surface area (Å²) in [5.74, 6) is 2.43. The molecule has 1 atom stereocenters. The molecule has 3 heterocycles. The molecule has 7 nitrogen and oxygen atoms in total. The summed E-state index contributed by atoms with van der Waals surface area (Å²) in [6.45, 7) is 4.46. The molecule has 1 fully saturated rings. The first-order valence-corrected chi connectivity index (χ1v) is 10.7. The van der Waals surface area contributed by atoms with Crippen molar-refractivity contribution in [2.24, 2.45) is 0 Å². The number of aromatic nitrogens is 3. The number of aryl methyl sites for hydroxylation is 1. The number of likely N-dealkylation sites (tertiary alicyclic amines) is 1. The minimum absolute atomic E-state index is 0.0594. The lowest BCUT2D eigenvalue weighted by molar-refractivity contribution is -0.119. The highest BCUT2D eigenvalue weighted by molar-refractivity contribution is 5.94. The second kappa shape index (κ2) is 8.76. The largest absolute Gasteiger partial charge is 0.352 e. The summed E-state index contributed by atoms with van der Waals surface area (Å²) in [7, 11) is 0. The van der Waals surface area contributed by atoms with E-state index in [1.807, 2.05) is 29.2 Å². The first-order valence-electron chi connectivity index (χ1n) is 10.7. The van der Waals surface area contributed by atoms with Crippen LogP contribution in [0, 0.1) is 0 Å². The number of benzene rings is 1. The molecule has 7 heteroatoms. The summed E-state index contributed by atoms with van der Waals surface area (Å²) in [4.78, 5) is 26.1. The van der Waals surface area contributed by atoms with Crippen molar-refractivity contribution in [1.82, 2.24) is 25.0 Å². The minimum atomic E-state index is -0.0594. The van der Waals surface area contributed by atoms with E-state index in [1.165, 1.54) is 26.2 Å². The van der Waals surface area contributed by atoms with Crippen molar-refractivity contribution in [1.29, 1.82) is 0 Å². The zero-order chi connectivity index (χ0) is 20.2. The molecule has 154 valence electrons. The van der Waals surface area contributed by atoms with Gasteiger partial charge in [0.15, 0.2) is 0 Å². The fourth-order valence-corrected chi connectivity index (χ4v) is 4.36. The van der Waals surface area contributed by atoms with Crippen LogP contribution >= 0.6 is 0 Å². The summed E-state index contributed by atoms with van der Waals surface area (Å²) < 4.78 is 2.31. The van der Waals surface area contributed by atoms with Crippen LogP contribution in [0.15, 0.2) is 24.3 Å². The number of fused-ring (bicyclic) bond motifs is 1. The second-order valence-electron chi connectivity index (χ2n) is 8.13. The molecular weight excluding hydrogens is 366 g/mol. The predicted molar refractivity (Wildman–Crippen MR) is 109 cm³/mol. The summed E-state index contributed by atoms with van der Waals surface area (Å²) >= 11 is 0. The molecule has 0 aliphatic carbocycles. The van der Waals surface area contributed by atoms with E-state index in [-0.39, 0.29) is 17.7 Å². The molecule has 2 amide bonds. The van der Waals surface area contributed by atoms with Gasteiger partial charge in [0.05, 0.1) is 0 Å². The van der Waals surface area contributed by atoms with Gasteiger partial charge in [-0.2, -0.15) is 0 Å². The van der Waals surface area contributed by atoms with Gasteiger partial charge in [0.1, 0.15) is 11.6 Å². The van der Waals surface area contributed by atoms with Crippen LogP contribution < -0.4 is 5.32 Å². The smallest absolute Gasteiger partial charge is 0.253 e. The van der Waals surface area contributed by atoms with Crippen LogP contribution in [-0.4, -0.2) is 44.6 Å². The van der Waals surface area contributed by atoms with E-state index in [9.17, 15) is 9.59 Å². The number of hydrogen-bond donors (Lipinski definition) is 1. The average Bonchev–Trinajstić information content (AvgIpc) is 3.00. The van der Waals surface area contributed by atoms with Crippen molar-refractivity contribution in [3.05, 3.63) is 47.0 Å². The number of nitrogens with zero attached hydrogens (tertiary/aromatic N) is 4. The standard InChI is InChI=1S/C22H29N5O2/c1-16(28)23-14-17-8-10-18(11-9-17)22(29)26-12-5-6-19(15-26)21-25-24-20-7-3-2-4-13-27(20)21/h8-11,19H,2-7,12-15H2,1H3,(H,23,28). The quantitative estimate of drug-likeness (QED) is 0.863. The van der Waals surface area contributed by atoms with Gasteiger partial charge in [0, 0.05) is 51.0 Å². The van der Waals surface area contributed by atoms with Crippen LogP contribution in [0.2, 0.25) is 0 Å². The van der Waals surface area contributed by atoms with Crippen molar-refractivity contribution in [2.45, 2.75) is 64.5 Å². The third kappa shape index (κ3) is 4.49. The van der Waals surface area contributed by atoms with Crippen molar-refractivity contribution < 1.29 is 9.59 Å². The molecule has 1 unspecified atom stereocenters. The molecule has 0 radical (unpaired) electrons. The Morgan fingerprint density at radius 3 is 2.69 bits per heavy atom. The highest BCUT2D eigenvalue weighted by Gasteiger charge is 2.29. The van der Waals surface area contributed by atoms with Gasteiger partial charge in [0.2, 0.25) is 5.91 Å². The van der Waals surface area contributed by atoms with E-state index in [1.54, 1.807) is 0 Å². The molecule has 1 aromatic carbocycles. The van der Waals surface area contributed by atoms with Crippen molar-refractivity contribution in [3.63, 3.8) is 0 Å². The Kier molecular flexibility index (Phi) is 5.92. The molecule has 2 aromatic rings. The Morgan fingerprint density at radius 2 is 1.90 bits per heavy atom. The van der Waals surface area contributed by atoms with E-state index >= 15 is 0 Å². The zero-order valence-electron chi connectivity index (χ0n) is 17.1. The Hall–Kier alpha value is -2.70. The molecule has 29 heavy (non-hydrogen) atoms. The van der Waals surface area contributed by atoms with E-state index in [0.717, 1.165) is 49.6 Å². The maximum Gasteiger partial charge on any atom is 0.253 e. The molecule has 2 aliphatic heterocycles. The van der Waals surface area contributed by atoms with Crippen LogP contribution in [0.4, 0.5) is 0 Å². The summed E-state index contributed by atoms with van der Waals surface area (Å²) in [5, 5.41) is 11.7. The molecule has 0 saturated carbocycles. The molecular formula is C22H29N5O2. The molecule has 0 spiro atoms. The van der Waals surface area contributed by atoms with Gasteiger partial charge in [-0.1, -0.05) is 18.6 Å². The van der Waals surface area contributed by atoms with Gasteiger partial charge in [-0.25, -0.2) is 0 Å². The second-order valence-corrected chi connectivity index (χ2v) is 8.13. The SMILES string of the molecule is CC(=O)NCc1ccc(C(=O)N2CCCC(c3nnc4n3CCCCC4)C2)cc1. The van der Waals surface area contributed by atoms with Gasteiger partial charge < -0.3 is 14.8 Å². The van der Waals surface area contributed by atoms with Crippen molar-refractivity contribution in [2.75, 3.05) is 13.1 Å². The van der Waals surface area contributed by atoms with E-state index in [2.05, 4.69) is 20.1 Å². The van der Waals surface area contributed by atoms with E-state index in [4.69, 9.17) is 0 Å². The lowest BCUT2D eigenvalue weighted by Gasteiger charge is -2.32. The third-order valence-corrected chi connectivity index (χ3v) is 5.95. The van der Waals surface area contributed by atoms with E-state index < -0.39 is 0 Å². The third-order valence-electron chi connectivity index (χ3n) is 5.95. The maximum atomic E-state index is 13.0. The van der Waals surface area contributed by atoms with Crippen molar-refractivity contribution in [3.8, 4) is 0 Å². The minimum Gasteiger partial charge on any atom is -0.352 e. The van der Waals surface area contributed by atoms with Crippen LogP contribution in [-0.2, 0) is 24.3 Å². The molecule has 1 aromatic heterocycles. The van der Waals surface area contributed by atoms with Gasteiger partial charge in [-0.3, -0.25) is 9.59 Å². The summed E-state index contributed by atoms with van der Waals surface area (Å²) in [6.07, 6.45) is 6.66. The summed E-state index contributed by atoms with van der Waals surface area (Å²) in [6, 6.07) is 7.52. The van der Waals surface area contributed by atoms with E-state index in [0.29, 0.717) is 18.7 Å². The highest BCUT2D eigenvalue weighted by atomic mass is 16.2. The molecule has 1 saturated heterocycles. The number of nitrogens with one attached hydrogen (secondary N) is 1. The number of rotatable bonds is 4. The number of carbonyl (C=O) groups is 2. The fraction of sp³-hybridized carbons (Fsp3) is 0.545. The number of hydrogen-bond acceptors (Lipinski definition) is 4. The average molecular weight is 396 g/mol. The van der Waals surface area contributed by atoms with Crippen LogP contribution in [0.5, 0.6) is 0 Å². The number of carbonyl (C=O) groups excluding carboxylic acids is 2. The Bertz CT molecular complexity index is 874. The van der Waals surface area contributed by atoms with Crippen LogP contribution in [0.25, 0.3) is 0 Å². The topological polar surface area (TPSA) is 80.1 Å². The zero-order valence-corrected chi connectivity index (χ0v) is 17.1. The normalized spacial score (nSPS) is 19.3. The summed E-state index contributed by atoms with van der Waals surface area (Å²) in [5.41, 5.74) is 1.68. The van der Waals surface area contributed by atoms with Crippen LogP contribution in [0.3, 0.4) is 0 Å². The van der Waals surface area contributed by atoms with Gasteiger partial charge >= 0.3 is 0 Å². The van der Waals surface area contributed by atoms with Crippen molar-refractivity contribution >= 4 is 11.8 Å². The predicted octanol–water partition coefficient (Wildman–Crippen LogP) is 2.66. The molecule has 2 aliphatic rings. The monoisotopic (exact) mass is 395 g/mol.